The summed E-state index contributed by atoms with van der Waals surface area (Å²) in [6, 6.07) is 9.98. The van der Waals surface area contributed by atoms with Gasteiger partial charge in [-0.1, -0.05) is 6.07 Å². The molecule has 5 heteroatoms. The Morgan fingerprint density at radius 3 is 2.82 bits per heavy atom. The molecule has 0 N–H and O–H groups in total. The summed E-state index contributed by atoms with van der Waals surface area (Å²) in [6.07, 6.45) is 6.56. The highest BCUT2D eigenvalue weighted by Crippen LogP contribution is 2.18. The lowest BCUT2D eigenvalue weighted by Gasteiger charge is -2.23. The predicted molar refractivity (Wildman–Crippen MR) is 85.3 cm³/mol. The summed E-state index contributed by atoms with van der Waals surface area (Å²) in [5.74, 6) is 0.813. The Morgan fingerprint density at radius 2 is 2.00 bits per heavy atom. The van der Waals surface area contributed by atoms with Crippen molar-refractivity contribution in [3.8, 4) is 6.07 Å². The van der Waals surface area contributed by atoms with E-state index in [-0.39, 0.29) is 0 Å². The van der Waals surface area contributed by atoms with Crippen molar-refractivity contribution in [1.29, 1.82) is 5.26 Å². The van der Waals surface area contributed by atoms with Crippen LogP contribution in [0, 0.1) is 11.3 Å². The van der Waals surface area contributed by atoms with E-state index in [1.54, 1.807) is 12.4 Å². The molecule has 0 spiro atoms. The van der Waals surface area contributed by atoms with E-state index < -0.39 is 0 Å². The molecule has 1 fully saturated rings. The van der Waals surface area contributed by atoms with Crippen molar-refractivity contribution in [1.82, 2.24) is 14.9 Å². The fraction of sp³-hybridized carbons (Fsp3) is 0.353. The van der Waals surface area contributed by atoms with E-state index in [0.29, 0.717) is 5.56 Å². The van der Waals surface area contributed by atoms with Crippen LogP contribution in [0.15, 0.2) is 42.9 Å². The fourth-order valence-electron chi connectivity index (χ4n) is 2.83. The number of rotatable bonds is 3. The molecule has 112 valence electrons. The molecule has 2 aromatic heterocycles. The van der Waals surface area contributed by atoms with Gasteiger partial charge >= 0.3 is 0 Å². The molecule has 22 heavy (non-hydrogen) atoms. The number of hydrogen-bond acceptors (Lipinski definition) is 5. The van der Waals surface area contributed by atoms with Crippen molar-refractivity contribution < 1.29 is 0 Å². The third-order valence-electron chi connectivity index (χ3n) is 3.92. The van der Waals surface area contributed by atoms with Crippen LogP contribution >= 0.6 is 0 Å². The number of nitriles is 1. The average molecular weight is 293 g/mol. The second kappa shape index (κ2) is 7.01. The largest absolute Gasteiger partial charge is 0.354 e. The molecule has 1 aliphatic heterocycles. The third-order valence-corrected chi connectivity index (χ3v) is 3.92. The molecule has 0 amide bonds. The zero-order valence-electron chi connectivity index (χ0n) is 12.5. The van der Waals surface area contributed by atoms with Gasteiger partial charge in [-0.05, 0) is 30.2 Å². The molecule has 1 aliphatic rings. The highest BCUT2D eigenvalue weighted by molar-refractivity contribution is 5.53. The minimum Gasteiger partial charge on any atom is -0.354 e. The van der Waals surface area contributed by atoms with Gasteiger partial charge in [0.1, 0.15) is 11.9 Å². The quantitative estimate of drug-likeness (QED) is 0.867. The van der Waals surface area contributed by atoms with Crippen LogP contribution in [0.4, 0.5) is 5.82 Å². The smallest absolute Gasteiger partial charge is 0.146 e. The second-order valence-electron chi connectivity index (χ2n) is 5.46. The van der Waals surface area contributed by atoms with E-state index in [1.807, 2.05) is 24.4 Å². The highest BCUT2D eigenvalue weighted by Gasteiger charge is 2.18. The molecule has 0 atom stereocenters. The lowest BCUT2D eigenvalue weighted by Crippen LogP contribution is -2.31. The first-order chi connectivity index (χ1) is 10.9. The maximum Gasteiger partial charge on any atom is 0.146 e. The Balaban J connectivity index is 1.66. The molecule has 0 saturated carbocycles. The van der Waals surface area contributed by atoms with E-state index in [9.17, 15) is 5.26 Å². The monoisotopic (exact) mass is 293 g/mol. The summed E-state index contributed by atoms with van der Waals surface area (Å²) in [5, 5.41) is 9.23. The lowest BCUT2D eigenvalue weighted by molar-refractivity contribution is 0.285. The zero-order valence-corrected chi connectivity index (χ0v) is 12.5. The van der Waals surface area contributed by atoms with Crippen molar-refractivity contribution in [3.05, 3.63) is 54.0 Å². The molecule has 5 nitrogen and oxygen atoms in total. The average Bonchev–Trinajstić information content (AvgIpc) is 2.81. The van der Waals surface area contributed by atoms with E-state index >= 15 is 0 Å². The third kappa shape index (κ3) is 3.41. The van der Waals surface area contributed by atoms with Crippen LogP contribution < -0.4 is 4.90 Å². The van der Waals surface area contributed by atoms with Crippen molar-refractivity contribution in [3.63, 3.8) is 0 Å². The van der Waals surface area contributed by atoms with E-state index in [0.717, 1.165) is 45.0 Å². The summed E-state index contributed by atoms with van der Waals surface area (Å²) in [7, 11) is 0. The zero-order chi connectivity index (χ0) is 15.2. The summed E-state index contributed by atoms with van der Waals surface area (Å²) in [4.78, 5) is 13.2. The summed E-state index contributed by atoms with van der Waals surface area (Å²) >= 11 is 0. The van der Waals surface area contributed by atoms with Crippen LogP contribution in [0.1, 0.15) is 17.5 Å². The molecule has 2 aromatic rings. The van der Waals surface area contributed by atoms with Crippen LogP contribution in [0.2, 0.25) is 0 Å². The molecule has 1 saturated heterocycles. The minimum atomic E-state index is 0.656. The standard InChI is InChI=1S/C17H19N5/c18-12-16-5-2-7-20-17(16)22-9-3-8-21(10-11-22)14-15-4-1-6-19-13-15/h1-2,4-7,13H,3,8-11,14H2. The first-order valence-corrected chi connectivity index (χ1v) is 7.58. The Labute approximate surface area is 130 Å². The Hall–Kier alpha value is -2.45. The Kier molecular flexibility index (Phi) is 4.62. The minimum absolute atomic E-state index is 0.656. The van der Waals surface area contributed by atoms with Gasteiger partial charge in [-0.15, -0.1) is 0 Å². The summed E-state index contributed by atoms with van der Waals surface area (Å²) in [5.41, 5.74) is 1.90. The van der Waals surface area contributed by atoms with Gasteiger partial charge < -0.3 is 4.90 Å². The molecule has 0 aromatic carbocycles. The number of anilines is 1. The topological polar surface area (TPSA) is 56.1 Å². The Bertz CT molecular complexity index is 650. The number of pyridine rings is 2. The second-order valence-corrected chi connectivity index (χ2v) is 5.46. The van der Waals surface area contributed by atoms with E-state index in [2.05, 4.69) is 31.9 Å². The Morgan fingerprint density at radius 1 is 1.09 bits per heavy atom. The molecule has 0 bridgehead atoms. The van der Waals surface area contributed by atoms with Crippen molar-refractivity contribution in [2.24, 2.45) is 0 Å². The van der Waals surface area contributed by atoms with Gasteiger partial charge in [-0.3, -0.25) is 9.88 Å². The molecular formula is C17H19N5. The van der Waals surface area contributed by atoms with Crippen molar-refractivity contribution >= 4 is 5.82 Å². The normalized spacial score (nSPS) is 16.0. The first-order valence-electron chi connectivity index (χ1n) is 7.58. The summed E-state index contributed by atoms with van der Waals surface area (Å²) < 4.78 is 0. The molecule has 0 aliphatic carbocycles. The maximum absolute atomic E-state index is 9.23. The molecule has 0 radical (unpaired) electrons. The number of aromatic nitrogens is 2. The van der Waals surface area contributed by atoms with Gasteiger partial charge in [-0.25, -0.2) is 4.98 Å². The summed E-state index contributed by atoms with van der Waals surface area (Å²) in [6.45, 7) is 4.78. The predicted octanol–water partition coefficient (Wildman–Crippen LogP) is 2.06. The van der Waals surface area contributed by atoms with Gasteiger partial charge in [0.2, 0.25) is 0 Å². The van der Waals surface area contributed by atoms with Gasteiger partial charge in [0, 0.05) is 51.3 Å². The highest BCUT2D eigenvalue weighted by atomic mass is 15.2. The van der Waals surface area contributed by atoms with Crippen LogP contribution in [-0.2, 0) is 6.54 Å². The lowest BCUT2D eigenvalue weighted by atomic mass is 10.2. The van der Waals surface area contributed by atoms with Crippen molar-refractivity contribution in [2.75, 3.05) is 31.1 Å². The number of nitrogens with zero attached hydrogens (tertiary/aromatic N) is 5. The van der Waals surface area contributed by atoms with Crippen LogP contribution in [0.25, 0.3) is 0 Å². The van der Waals surface area contributed by atoms with Crippen LogP contribution in [0.3, 0.4) is 0 Å². The van der Waals surface area contributed by atoms with Gasteiger partial charge in [0.15, 0.2) is 0 Å². The SMILES string of the molecule is N#Cc1cccnc1N1CCCN(Cc2cccnc2)CC1. The molecule has 3 rings (SSSR count). The van der Waals surface area contributed by atoms with E-state index in [1.165, 1.54) is 5.56 Å². The van der Waals surface area contributed by atoms with Crippen LogP contribution in [0.5, 0.6) is 0 Å². The number of hydrogen-bond donors (Lipinski definition) is 0. The van der Waals surface area contributed by atoms with Crippen molar-refractivity contribution in [2.45, 2.75) is 13.0 Å². The van der Waals surface area contributed by atoms with E-state index in [4.69, 9.17) is 0 Å². The van der Waals surface area contributed by atoms with Gasteiger partial charge in [-0.2, -0.15) is 5.26 Å². The molecular weight excluding hydrogens is 274 g/mol. The first kappa shape index (κ1) is 14.5. The molecule has 3 heterocycles. The maximum atomic E-state index is 9.23. The van der Waals surface area contributed by atoms with Gasteiger partial charge in [0.05, 0.1) is 5.56 Å². The fourth-order valence-corrected chi connectivity index (χ4v) is 2.83. The van der Waals surface area contributed by atoms with Gasteiger partial charge in [0.25, 0.3) is 0 Å². The molecule has 0 unspecified atom stereocenters. The van der Waals surface area contributed by atoms with Crippen LogP contribution in [-0.4, -0.2) is 41.0 Å².